The van der Waals surface area contributed by atoms with E-state index in [4.69, 9.17) is 4.74 Å². The Balaban J connectivity index is 1.65. The highest BCUT2D eigenvalue weighted by Crippen LogP contribution is 2.38. The van der Waals surface area contributed by atoms with Crippen LogP contribution in [0, 0.1) is 0 Å². The summed E-state index contributed by atoms with van der Waals surface area (Å²) in [7, 11) is 0. The number of anilines is 1. The third-order valence-corrected chi connectivity index (χ3v) is 5.41. The lowest BCUT2D eigenvalue weighted by Crippen LogP contribution is -2.56. The molecule has 3 aromatic rings. The predicted molar refractivity (Wildman–Crippen MR) is 116 cm³/mol. The number of hydrogen-bond donors (Lipinski definition) is 1. The Morgan fingerprint density at radius 3 is 2.52 bits per heavy atom. The van der Waals surface area contributed by atoms with E-state index < -0.39 is 5.66 Å². The number of hydrogen-bond acceptors (Lipinski definition) is 3. The molecule has 4 heteroatoms. The fraction of sp³-hybridized carbons (Fsp3) is 0.240. The van der Waals surface area contributed by atoms with Crippen molar-refractivity contribution in [2.45, 2.75) is 32.5 Å². The zero-order valence-electron chi connectivity index (χ0n) is 16.9. The van der Waals surface area contributed by atoms with Crippen LogP contribution in [0.3, 0.4) is 0 Å². The number of ether oxygens (including phenoxy) is 1. The number of benzene rings is 3. The number of fused-ring (bicyclic) bond motifs is 1. The van der Waals surface area contributed by atoms with E-state index in [1.807, 2.05) is 83.8 Å². The van der Waals surface area contributed by atoms with Crippen LogP contribution in [0.15, 0.2) is 78.9 Å². The number of rotatable bonds is 6. The minimum Gasteiger partial charge on any atom is -0.489 e. The van der Waals surface area contributed by atoms with Gasteiger partial charge in [0.25, 0.3) is 5.91 Å². The molecule has 1 atom stereocenters. The predicted octanol–water partition coefficient (Wildman–Crippen LogP) is 5.42. The Kier molecular flexibility index (Phi) is 5.26. The fourth-order valence-electron chi connectivity index (χ4n) is 3.86. The summed E-state index contributed by atoms with van der Waals surface area (Å²) in [6.45, 7) is 5.33. The molecule has 0 saturated heterocycles. The van der Waals surface area contributed by atoms with Crippen molar-refractivity contribution < 1.29 is 9.53 Å². The molecular weight excluding hydrogens is 360 g/mol. The molecule has 1 aliphatic heterocycles. The van der Waals surface area contributed by atoms with Gasteiger partial charge in [-0.05, 0) is 43.2 Å². The Bertz CT molecular complexity index is 1000. The first kappa shape index (κ1) is 19.1. The molecule has 0 spiro atoms. The lowest BCUT2D eigenvalue weighted by Gasteiger charge is -2.46. The van der Waals surface area contributed by atoms with E-state index in [1.165, 1.54) is 0 Å². The lowest BCUT2D eigenvalue weighted by molar-refractivity contribution is 0.0534. The van der Waals surface area contributed by atoms with Crippen molar-refractivity contribution in [1.29, 1.82) is 0 Å². The third-order valence-electron chi connectivity index (χ3n) is 5.41. The topological polar surface area (TPSA) is 41.6 Å². The number of carbonyl (C=O) groups excluding carboxylic acids is 1. The van der Waals surface area contributed by atoms with Gasteiger partial charge in [-0.3, -0.25) is 4.79 Å². The van der Waals surface area contributed by atoms with Gasteiger partial charge in [-0.2, -0.15) is 0 Å². The largest absolute Gasteiger partial charge is 0.489 e. The first-order valence-electron chi connectivity index (χ1n) is 10.1. The third kappa shape index (κ3) is 3.70. The van der Waals surface area contributed by atoms with Gasteiger partial charge in [0.2, 0.25) is 0 Å². The standard InChI is InChI=1S/C25H26N2O2/c1-3-16-27-24(28)22-14-7-8-15-23(22)26-25(27,2)20-12-9-13-21(17-20)29-18-19-10-5-4-6-11-19/h4-15,17,26H,3,16,18H2,1-2H3. The summed E-state index contributed by atoms with van der Waals surface area (Å²) in [6, 6.07) is 25.8. The molecule has 1 amide bonds. The Labute approximate surface area is 172 Å². The average Bonchev–Trinajstić information content (AvgIpc) is 2.76. The van der Waals surface area contributed by atoms with Crippen molar-refractivity contribution in [2.75, 3.05) is 11.9 Å². The van der Waals surface area contributed by atoms with Crippen molar-refractivity contribution in [2.24, 2.45) is 0 Å². The van der Waals surface area contributed by atoms with Crippen molar-refractivity contribution in [3.8, 4) is 5.75 Å². The zero-order chi connectivity index (χ0) is 20.3. The van der Waals surface area contributed by atoms with Gasteiger partial charge in [0.15, 0.2) is 0 Å². The van der Waals surface area contributed by atoms with Crippen LogP contribution in [-0.2, 0) is 12.3 Å². The van der Waals surface area contributed by atoms with Crippen LogP contribution in [-0.4, -0.2) is 17.4 Å². The van der Waals surface area contributed by atoms with Gasteiger partial charge >= 0.3 is 0 Å². The van der Waals surface area contributed by atoms with Gasteiger partial charge in [-0.1, -0.05) is 61.5 Å². The fourth-order valence-corrected chi connectivity index (χ4v) is 3.86. The van der Waals surface area contributed by atoms with E-state index >= 15 is 0 Å². The van der Waals surface area contributed by atoms with Crippen LogP contribution in [0.25, 0.3) is 0 Å². The first-order chi connectivity index (χ1) is 14.1. The van der Waals surface area contributed by atoms with Crippen molar-refractivity contribution in [1.82, 2.24) is 4.90 Å². The molecule has 1 aliphatic rings. The highest BCUT2D eigenvalue weighted by molar-refractivity contribution is 6.02. The summed E-state index contributed by atoms with van der Waals surface area (Å²) in [5.74, 6) is 0.844. The summed E-state index contributed by atoms with van der Waals surface area (Å²) in [5, 5.41) is 3.61. The summed E-state index contributed by atoms with van der Waals surface area (Å²) in [5.41, 5.74) is 3.06. The molecule has 0 aromatic heterocycles. The normalized spacial score (nSPS) is 18.1. The second kappa shape index (κ2) is 8.00. The van der Waals surface area contributed by atoms with Crippen LogP contribution in [0.1, 0.15) is 41.8 Å². The molecule has 0 radical (unpaired) electrons. The number of carbonyl (C=O) groups is 1. The molecule has 4 rings (SSSR count). The first-order valence-corrected chi connectivity index (χ1v) is 10.1. The Morgan fingerprint density at radius 2 is 1.72 bits per heavy atom. The minimum absolute atomic E-state index is 0.0549. The maximum Gasteiger partial charge on any atom is 0.258 e. The van der Waals surface area contributed by atoms with Crippen LogP contribution in [0.5, 0.6) is 5.75 Å². The molecule has 148 valence electrons. The van der Waals surface area contributed by atoms with Crippen molar-refractivity contribution in [3.63, 3.8) is 0 Å². The van der Waals surface area contributed by atoms with Crippen LogP contribution < -0.4 is 10.1 Å². The van der Waals surface area contributed by atoms with E-state index in [0.717, 1.165) is 34.5 Å². The highest BCUT2D eigenvalue weighted by Gasteiger charge is 2.42. The number of para-hydroxylation sites is 1. The Hall–Kier alpha value is -3.27. The van der Waals surface area contributed by atoms with Gasteiger partial charge in [-0.25, -0.2) is 0 Å². The molecule has 29 heavy (non-hydrogen) atoms. The molecular formula is C25H26N2O2. The SMILES string of the molecule is CCCN1C(=O)c2ccccc2NC1(C)c1cccc(OCc2ccccc2)c1. The highest BCUT2D eigenvalue weighted by atomic mass is 16.5. The van der Waals surface area contributed by atoms with E-state index in [2.05, 4.69) is 19.2 Å². The molecule has 0 aliphatic carbocycles. The van der Waals surface area contributed by atoms with Gasteiger partial charge in [0.1, 0.15) is 18.0 Å². The monoisotopic (exact) mass is 386 g/mol. The van der Waals surface area contributed by atoms with E-state index in [9.17, 15) is 4.79 Å². The number of nitrogens with zero attached hydrogens (tertiary/aromatic N) is 1. The van der Waals surface area contributed by atoms with Gasteiger partial charge in [-0.15, -0.1) is 0 Å². The molecule has 4 nitrogen and oxygen atoms in total. The maximum absolute atomic E-state index is 13.2. The van der Waals surface area contributed by atoms with Gasteiger partial charge < -0.3 is 15.0 Å². The average molecular weight is 386 g/mol. The zero-order valence-corrected chi connectivity index (χ0v) is 16.9. The van der Waals surface area contributed by atoms with Crippen LogP contribution >= 0.6 is 0 Å². The molecule has 1 heterocycles. The molecule has 3 aromatic carbocycles. The minimum atomic E-state index is -0.645. The molecule has 0 fully saturated rings. The van der Waals surface area contributed by atoms with Crippen LogP contribution in [0.4, 0.5) is 5.69 Å². The van der Waals surface area contributed by atoms with Crippen LogP contribution in [0.2, 0.25) is 0 Å². The van der Waals surface area contributed by atoms with Crippen molar-refractivity contribution >= 4 is 11.6 Å². The number of nitrogens with one attached hydrogen (secondary N) is 1. The van der Waals surface area contributed by atoms with Gasteiger partial charge in [0.05, 0.1) is 5.56 Å². The number of amides is 1. The lowest BCUT2D eigenvalue weighted by atomic mass is 9.93. The smallest absolute Gasteiger partial charge is 0.258 e. The summed E-state index contributed by atoms with van der Waals surface area (Å²) in [4.78, 5) is 15.2. The molecule has 1 N–H and O–H groups in total. The molecule has 0 saturated carbocycles. The second-order valence-corrected chi connectivity index (χ2v) is 7.50. The summed E-state index contributed by atoms with van der Waals surface area (Å²) >= 11 is 0. The van der Waals surface area contributed by atoms with E-state index in [0.29, 0.717) is 13.2 Å². The van der Waals surface area contributed by atoms with E-state index in [1.54, 1.807) is 0 Å². The van der Waals surface area contributed by atoms with Gasteiger partial charge in [0, 0.05) is 17.8 Å². The molecule has 1 unspecified atom stereocenters. The maximum atomic E-state index is 13.2. The summed E-state index contributed by atoms with van der Waals surface area (Å²) in [6.07, 6.45) is 0.884. The Morgan fingerprint density at radius 1 is 0.966 bits per heavy atom. The quantitative estimate of drug-likeness (QED) is 0.615. The summed E-state index contributed by atoms with van der Waals surface area (Å²) < 4.78 is 6.03. The van der Waals surface area contributed by atoms with Crippen molar-refractivity contribution in [3.05, 3.63) is 95.6 Å². The second-order valence-electron chi connectivity index (χ2n) is 7.50. The molecule has 0 bridgehead atoms. The van der Waals surface area contributed by atoms with E-state index in [-0.39, 0.29) is 5.91 Å².